The molecular weight excluding hydrogens is 152 g/mol. The van der Waals surface area contributed by atoms with Crippen LogP contribution in [0.5, 0.6) is 0 Å². The van der Waals surface area contributed by atoms with Crippen molar-refractivity contribution in [3.8, 4) is 0 Å². The van der Waals surface area contributed by atoms with E-state index in [1.807, 2.05) is 0 Å². The average Bonchev–Trinajstić information content (AvgIpc) is 2.15. The van der Waals surface area contributed by atoms with Gasteiger partial charge in [-0.2, -0.15) is 0 Å². The molecule has 1 N–H and O–H groups in total. The minimum absolute atomic E-state index is 0.297. The topological polar surface area (TPSA) is 24.5 Å². The molecular formula is C9H20N2O. The Morgan fingerprint density at radius 1 is 1.50 bits per heavy atom. The standard InChI is InChI=1S/C9H20N2O/c1-3-7-10-11(2)9-6-4-5-8-12-9/h9-10H,3-8H2,1-2H3. The zero-order chi connectivity index (χ0) is 8.81. The van der Waals surface area contributed by atoms with Crippen molar-refractivity contribution in [3.05, 3.63) is 0 Å². The second-order valence-corrected chi connectivity index (χ2v) is 3.34. The number of nitrogens with zero attached hydrogens (tertiary/aromatic N) is 1. The van der Waals surface area contributed by atoms with Gasteiger partial charge in [-0.25, -0.2) is 5.01 Å². The van der Waals surface area contributed by atoms with Crippen molar-refractivity contribution in [1.29, 1.82) is 0 Å². The molecule has 1 fully saturated rings. The third-order valence-electron chi connectivity index (χ3n) is 2.20. The van der Waals surface area contributed by atoms with Crippen molar-refractivity contribution < 1.29 is 4.74 Å². The van der Waals surface area contributed by atoms with Crippen molar-refractivity contribution >= 4 is 0 Å². The van der Waals surface area contributed by atoms with Gasteiger partial charge in [0.15, 0.2) is 0 Å². The van der Waals surface area contributed by atoms with Gasteiger partial charge in [-0.1, -0.05) is 6.92 Å². The third kappa shape index (κ3) is 3.09. The Morgan fingerprint density at radius 2 is 2.33 bits per heavy atom. The molecule has 1 saturated heterocycles. The quantitative estimate of drug-likeness (QED) is 0.648. The predicted molar refractivity (Wildman–Crippen MR) is 49.6 cm³/mol. The molecule has 1 unspecified atom stereocenters. The Hall–Kier alpha value is -0.120. The molecule has 0 aromatic rings. The SMILES string of the molecule is CCCNN(C)C1CCCCO1. The molecule has 3 heteroatoms. The largest absolute Gasteiger partial charge is 0.362 e. The highest BCUT2D eigenvalue weighted by molar-refractivity contribution is 4.60. The molecule has 0 spiro atoms. The monoisotopic (exact) mass is 172 g/mol. The second kappa shape index (κ2) is 5.51. The van der Waals surface area contributed by atoms with Crippen molar-refractivity contribution in [1.82, 2.24) is 10.4 Å². The Morgan fingerprint density at radius 3 is 2.92 bits per heavy atom. The zero-order valence-electron chi connectivity index (χ0n) is 8.18. The summed E-state index contributed by atoms with van der Waals surface area (Å²) in [6.45, 7) is 4.13. The number of ether oxygens (including phenoxy) is 1. The Kier molecular flexibility index (Phi) is 4.58. The number of hydrazine groups is 1. The lowest BCUT2D eigenvalue weighted by Crippen LogP contribution is -2.45. The van der Waals surface area contributed by atoms with Gasteiger partial charge >= 0.3 is 0 Å². The molecule has 1 atom stereocenters. The van der Waals surface area contributed by atoms with Gasteiger partial charge < -0.3 is 4.74 Å². The van der Waals surface area contributed by atoms with Gasteiger partial charge in [0.2, 0.25) is 0 Å². The van der Waals surface area contributed by atoms with E-state index in [-0.39, 0.29) is 0 Å². The van der Waals surface area contributed by atoms with E-state index in [2.05, 4.69) is 24.4 Å². The minimum atomic E-state index is 0.297. The fourth-order valence-corrected chi connectivity index (χ4v) is 1.42. The Labute approximate surface area is 75.0 Å². The smallest absolute Gasteiger partial charge is 0.122 e. The Bertz CT molecular complexity index is 113. The first kappa shape index (κ1) is 9.96. The molecule has 0 bridgehead atoms. The summed E-state index contributed by atoms with van der Waals surface area (Å²) in [4.78, 5) is 0. The summed E-state index contributed by atoms with van der Waals surface area (Å²) in [5.41, 5.74) is 3.31. The van der Waals surface area contributed by atoms with Gasteiger partial charge in [0.05, 0.1) is 0 Å². The molecule has 1 aliphatic heterocycles. The van der Waals surface area contributed by atoms with Crippen LogP contribution < -0.4 is 5.43 Å². The fraction of sp³-hybridized carbons (Fsp3) is 1.00. The molecule has 72 valence electrons. The van der Waals surface area contributed by atoms with Gasteiger partial charge in [0.25, 0.3) is 0 Å². The van der Waals surface area contributed by atoms with Crippen LogP contribution in [0.3, 0.4) is 0 Å². The van der Waals surface area contributed by atoms with E-state index in [1.54, 1.807) is 0 Å². The van der Waals surface area contributed by atoms with Crippen LogP contribution in [0, 0.1) is 0 Å². The predicted octanol–water partition coefficient (Wildman–Crippen LogP) is 1.36. The summed E-state index contributed by atoms with van der Waals surface area (Å²) in [5.74, 6) is 0. The van der Waals surface area contributed by atoms with Crippen LogP contribution in [0.4, 0.5) is 0 Å². The van der Waals surface area contributed by atoms with Gasteiger partial charge in [0.1, 0.15) is 6.23 Å². The number of rotatable bonds is 4. The van der Waals surface area contributed by atoms with Crippen molar-refractivity contribution in [2.75, 3.05) is 20.2 Å². The third-order valence-corrected chi connectivity index (χ3v) is 2.20. The highest BCUT2D eigenvalue weighted by atomic mass is 16.5. The van der Waals surface area contributed by atoms with E-state index in [0.29, 0.717) is 6.23 Å². The first-order chi connectivity index (χ1) is 5.84. The molecule has 1 rings (SSSR count). The maximum Gasteiger partial charge on any atom is 0.122 e. The summed E-state index contributed by atoms with van der Waals surface area (Å²) in [7, 11) is 2.06. The van der Waals surface area contributed by atoms with E-state index >= 15 is 0 Å². The van der Waals surface area contributed by atoms with Crippen molar-refractivity contribution in [3.63, 3.8) is 0 Å². The van der Waals surface area contributed by atoms with Crippen LogP contribution in [0.25, 0.3) is 0 Å². The molecule has 0 aromatic heterocycles. The van der Waals surface area contributed by atoms with Gasteiger partial charge in [0, 0.05) is 20.2 Å². The Balaban J connectivity index is 2.15. The average molecular weight is 172 g/mol. The number of hydrogen-bond donors (Lipinski definition) is 1. The molecule has 0 amide bonds. The molecule has 12 heavy (non-hydrogen) atoms. The van der Waals surface area contributed by atoms with Crippen LogP contribution in [-0.2, 0) is 4.74 Å². The highest BCUT2D eigenvalue weighted by Crippen LogP contribution is 2.13. The molecule has 3 nitrogen and oxygen atoms in total. The van der Waals surface area contributed by atoms with Crippen LogP contribution >= 0.6 is 0 Å². The zero-order valence-corrected chi connectivity index (χ0v) is 8.18. The van der Waals surface area contributed by atoms with Crippen LogP contribution in [0.2, 0.25) is 0 Å². The summed E-state index contributed by atoms with van der Waals surface area (Å²) >= 11 is 0. The minimum Gasteiger partial charge on any atom is -0.362 e. The maximum atomic E-state index is 5.60. The molecule has 0 aliphatic carbocycles. The highest BCUT2D eigenvalue weighted by Gasteiger charge is 2.17. The summed E-state index contributed by atoms with van der Waals surface area (Å²) < 4.78 is 5.60. The van der Waals surface area contributed by atoms with Crippen LogP contribution in [-0.4, -0.2) is 31.4 Å². The van der Waals surface area contributed by atoms with E-state index < -0.39 is 0 Å². The number of nitrogens with one attached hydrogen (secondary N) is 1. The first-order valence-corrected chi connectivity index (χ1v) is 4.92. The van der Waals surface area contributed by atoms with Crippen molar-refractivity contribution in [2.45, 2.75) is 38.8 Å². The second-order valence-electron chi connectivity index (χ2n) is 3.34. The summed E-state index contributed by atoms with van der Waals surface area (Å²) in [6.07, 6.45) is 5.14. The van der Waals surface area contributed by atoms with Crippen LogP contribution in [0.15, 0.2) is 0 Å². The normalized spacial score (nSPS) is 24.8. The summed E-state index contributed by atoms with van der Waals surface area (Å²) in [6, 6.07) is 0. The van der Waals surface area contributed by atoms with Gasteiger partial charge in [-0.15, -0.1) is 0 Å². The van der Waals surface area contributed by atoms with E-state index in [1.165, 1.54) is 12.8 Å². The lowest BCUT2D eigenvalue weighted by Gasteiger charge is -2.31. The fourth-order valence-electron chi connectivity index (χ4n) is 1.42. The van der Waals surface area contributed by atoms with E-state index in [0.717, 1.165) is 26.0 Å². The molecule has 0 aromatic carbocycles. The van der Waals surface area contributed by atoms with Gasteiger partial charge in [-0.05, 0) is 25.7 Å². The van der Waals surface area contributed by atoms with Crippen molar-refractivity contribution in [2.24, 2.45) is 0 Å². The lowest BCUT2D eigenvalue weighted by molar-refractivity contribution is -0.0956. The first-order valence-electron chi connectivity index (χ1n) is 4.92. The molecule has 0 radical (unpaired) electrons. The number of hydrogen-bond acceptors (Lipinski definition) is 3. The molecule has 0 saturated carbocycles. The van der Waals surface area contributed by atoms with Crippen LogP contribution in [0.1, 0.15) is 32.6 Å². The summed E-state index contributed by atoms with van der Waals surface area (Å²) in [5, 5.41) is 2.10. The molecule has 1 heterocycles. The van der Waals surface area contributed by atoms with E-state index in [9.17, 15) is 0 Å². The van der Waals surface area contributed by atoms with E-state index in [4.69, 9.17) is 4.74 Å². The maximum absolute atomic E-state index is 5.60. The molecule has 1 aliphatic rings. The lowest BCUT2D eigenvalue weighted by atomic mass is 10.2. The van der Waals surface area contributed by atoms with Gasteiger partial charge in [-0.3, -0.25) is 5.43 Å².